The second-order valence-electron chi connectivity index (χ2n) is 2.40. The zero-order valence-corrected chi connectivity index (χ0v) is 10.2. The van der Waals surface area contributed by atoms with E-state index in [-0.39, 0.29) is 6.61 Å². The molecule has 17 heavy (non-hydrogen) atoms. The Kier molecular flexibility index (Phi) is 10.7. The first kappa shape index (κ1) is 18.9. The van der Waals surface area contributed by atoms with Crippen LogP contribution in [0.2, 0.25) is 0 Å². The molecular formula is C7H15F3O6S. The van der Waals surface area contributed by atoms with Gasteiger partial charge in [-0.15, -0.1) is 0 Å². The predicted molar refractivity (Wildman–Crippen MR) is 51.8 cm³/mol. The highest BCUT2D eigenvalue weighted by molar-refractivity contribution is 7.87. The van der Waals surface area contributed by atoms with Crippen LogP contribution in [0.3, 0.4) is 0 Å². The Bertz CT molecular complexity index is 257. The normalized spacial score (nSPS) is 11.9. The van der Waals surface area contributed by atoms with Gasteiger partial charge in [-0.2, -0.15) is 21.6 Å². The summed E-state index contributed by atoms with van der Waals surface area (Å²) in [5, 5.41) is 8.20. The third kappa shape index (κ3) is 10.5. The summed E-state index contributed by atoms with van der Waals surface area (Å²) >= 11 is 0. The van der Waals surface area contributed by atoms with Gasteiger partial charge in [0.2, 0.25) is 0 Å². The van der Waals surface area contributed by atoms with Crippen LogP contribution in [0.5, 0.6) is 0 Å². The van der Waals surface area contributed by atoms with Gasteiger partial charge in [-0.1, -0.05) is 0 Å². The molecule has 0 aliphatic rings. The first-order valence-corrected chi connectivity index (χ1v) is 5.68. The van der Waals surface area contributed by atoms with Gasteiger partial charge >= 0.3 is 15.6 Å². The largest absolute Gasteiger partial charge is 0.523 e. The third-order valence-corrected chi connectivity index (χ3v) is 2.18. The maximum atomic E-state index is 11.1. The van der Waals surface area contributed by atoms with Crippen LogP contribution in [0.4, 0.5) is 13.2 Å². The van der Waals surface area contributed by atoms with Gasteiger partial charge in [-0.25, -0.2) is 0 Å². The molecule has 1 N–H and O–H groups in total. The number of ether oxygens (including phenoxy) is 2. The molecule has 0 atom stereocenters. The van der Waals surface area contributed by atoms with Crippen molar-refractivity contribution in [3.8, 4) is 0 Å². The Labute approximate surface area is 97.4 Å². The lowest BCUT2D eigenvalue weighted by atomic mass is 10.7. The Morgan fingerprint density at radius 1 is 1.12 bits per heavy atom. The van der Waals surface area contributed by atoms with Crippen LogP contribution in [0, 0.1) is 0 Å². The number of aliphatic hydroxyl groups excluding tert-OH is 1. The van der Waals surface area contributed by atoms with Crippen LogP contribution in [-0.2, 0) is 23.8 Å². The lowest BCUT2D eigenvalue weighted by Crippen LogP contribution is -2.23. The molecule has 0 fully saturated rings. The summed E-state index contributed by atoms with van der Waals surface area (Å²) < 4.78 is 65.4. The Morgan fingerprint density at radius 2 is 1.65 bits per heavy atom. The van der Waals surface area contributed by atoms with E-state index in [1.807, 2.05) is 0 Å². The van der Waals surface area contributed by atoms with Gasteiger partial charge < -0.3 is 14.6 Å². The van der Waals surface area contributed by atoms with Gasteiger partial charge in [-0.05, 0) is 0 Å². The highest BCUT2D eigenvalue weighted by Gasteiger charge is 2.46. The molecule has 0 saturated heterocycles. The highest BCUT2D eigenvalue weighted by Crippen LogP contribution is 2.23. The molecule has 0 aromatic rings. The predicted octanol–water partition coefficient (Wildman–Crippen LogP) is 0.124. The van der Waals surface area contributed by atoms with E-state index in [9.17, 15) is 21.6 Å². The van der Waals surface area contributed by atoms with E-state index >= 15 is 0 Å². The summed E-state index contributed by atoms with van der Waals surface area (Å²) in [5.41, 5.74) is -5.30. The summed E-state index contributed by atoms with van der Waals surface area (Å²) in [6.45, 7) is 1.66. The lowest BCUT2D eigenvalue weighted by molar-refractivity contribution is -0.0526. The van der Waals surface area contributed by atoms with Gasteiger partial charge in [0.1, 0.15) is 0 Å². The molecular weight excluding hydrogens is 269 g/mol. The van der Waals surface area contributed by atoms with E-state index in [1.54, 1.807) is 7.11 Å². The Balaban J connectivity index is 0. The molecule has 0 spiro atoms. The third-order valence-electron chi connectivity index (χ3n) is 1.17. The Morgan fingerprint density at radius 3 is 1.88 bits per heavy atom. The fourth-order valence-electron chi connectivity index (χ4n) is 0.403. The van der Waals surface area contributed by atoms with Gasteiger partial charge in [0.15, 0.2) is 0 Å². The van der Waals surface area contributed by atoms with Crippen LogP contribution >= 0.6 is 0 Å². The molecule has 0 aromatic heterocycles. The first-order valence-electron chi connectivity index (χ1n) is 4.27. The maximum absolute atomic E-state index is 11.1. The van der Waals surface area contributed by atoms with E-state index in [0.717, 1.165) is 0 Å². The van der Waals surface area contributed by atoms with Gasteiger partial charge in [0, 0.05) is 7.11 Å². The second kappa shape index (κ2) is 9.59. The van der Waals surface area contributed by atoms with E-state index in [4.69, 9.17) is 9.84 Å². The molecule has 0 rings (SSSR count). The van der Waals surface area contributed by atoms with Crippen molar-refractivity contribution in [3.63, 3.8) is 0 Å². The molecule has 0 aliphatic carbocycles. The van der Waals surface area contributed by atoms with E-state index in [1.165, 1.54) is 0 Å². The quantitative estimate of drug-likeness (QED) is 0.424. The molecule has 0 aromatic carbocycles. The number of rotatable bonds is 6. The highest BCUT2D eigenvalue weighted by atomic mass is 32.2. The van der Waals surface area contributed by atoms with Crippen molar-refractivity contribution < 1.29 is 40.4 Å². The minimum atomic E-state index is -5.34. The van der Waals surface area contributed by atoms with E-state index < -0.39 is 15.6 Å². The van der Waals surface area contributed by atoms with Gasteiger partial charge in [0.25, 0.3) is 0 Å². The zero-order chi connectivity index (χ0) is 13.9. The van der Waals surface area contributed by atoms with Crippen molar-refractivity contribution in [2.24, 2.45) is 0 Å². The molecule has 0 aliphatic heterocycles. The lowest BCUT2D eigenvalue weighted by Gasteiger charge is -2.02. The second-order valence-corrected chi connectivity index (χ2v) is 4.10. The van der Waals surface area contributed by atoms with Crippen molar-refractivity contribution in [2.45, 2.75) is 5.51 Å². The van der Waals surface area contributed by atoms with Crippen LogP contribution in [-0.4, -0.2) is 59.7 Å². The van der Waals surface area contributed by atoms with Crippen LogP contribution < -0.4 is 0 Å². The smallest absolute Gasteiger partial charge is 0.394 e. The molecule has 6 nitrogen and oxygen atoms in total. The zero-order valence-electron chi connectivity index (χ0n) is 9.36. The van der Waals surface area contributed by atoms with Crippen molar-refractivity contribution >= 4 is 10.1 Å². The molecule has 0 saturated carbocycles. The summed E-state index contributed by atoms with van der Waals surface area (Å²) in [6.07, 6.45) is 0. The molecule has 0 bridgehead atoms. The first-order chi connectivity index (χ1) is 7.72. The topological polar surface area (TPSA) is 82.1 Å². The van der Waals surface area contributed by atoms with Crippen LogP contribution in [0.15, 0.2) is 0 Å². The Hall–Kier alpha value is -0.420. The number of alkyl halides is 3. The molecule has 10 heteroatoms. The summed E-state index contributed by atoms with van der Waals surface area (Å²) in [5.74, 6) is 0. The molecule has 0 unspecified atom stereocenters. The summed E-state index contributed by atoms with van der Waals surface area (Å²) in [7, 11) is -3.28. The van der Waals surface area contributed by atoms with Crippen molar-refractivity contribution in [2.75, 3.05) is 40.6 Å². The monoisotopic (exact) mass is 284 g/mol. The van der Waals surface area contributed by atoms with E-state index in [2.05, 4.69) is 8.92 Å². The van der Waals surface area contributed by atoms with E-state index in [0.29, 0.717) is 26.9 Å². The standard InChI is InChI=1S/C5H12O3.C2H3F3O3S/c1-7-4-5-8-3-2-6;1-8-9(6,7)2(3,4)5/h6H,2-5H2,1H3;1H3. The van der Waals surface area contributed by atoms with Crippen molar-refractivity contribution in [1.82, 2.24) is 0 Å². The average molecular weight is 284 g/mol. The number of halogens is 3. The molecule has 0 heterocycles. The fraction of sp³-hybridized carbons (Fsp3) is 1.00. The summed E-state index contributed by atoms with van der Waals surface area (Å²) in [6, 6.07) is 0. The van der Waals surface area contributed by atoms with Crippen molar-refractivity contribution in [3.05, 3.63) is 0 Å². The minimum Gasteiger partial charge on any atom is -0.394 e. The number of methoxy groups -OCH3 is 1. The fourth-order valence-corrected chi connectivity index (χ4v) is 0.592. The van der Waals surface area contributed by atoms with Crippen molar-refractivity contribution in [1.29, 1.82) is 0 Å². The van der Waals surface area contributed by atoms with Gasteiger partial charge in [-0.3, -0.25) is 4.18 Å². The van der Waals surface area contributed by atoms with Gasteiger partial charge in [0.05, 0.1) is 33.5 Å². The number of hydrogen-bond acceptors (Lipinski definition) is 6. The molecule has 106 valence electrons. The average Bonchev–Trinajstić information content (AvgIpc) is 2.24. The molecule has 0 radical (unpaired) electrons. The maximum Gasteiger partial charge on any atom is 0.523 e. The number of hydrogen-bond donors (Lipinski definition) is 1. The van der Waals surface area contributed by atoms with Crippen LogP contribution in [0.1, 0.15) is 0 Å². The number of aliphatic hydroxyl groups is 1. The minimum absolute atomic E-state index is 0.0870. The molecule has 0 amide bonds. The SMILES string of the molecule is COCCOCCO.COS(=O)(=O)C(F)(F)F. The summed E-state index contributed by atoms with van der Waals surface area (Å²) in [4.78, 5) is 0. The van der Waals surface area contributed by atoms with Crippen LogP contribution in [0.25, 0.3) is 0 Å².